The first-order chi connectivity index (χ1) is 10.6. The van der Waals surface area contributed by atoms with Gasteiger partial charge in [-0.1, -0.05) is 6.07 Å². The van der Waals surface area contributed by atoms with E-state index < -0.39 is 5.76 Å². The summed E-state index contributed by atoms with van der Waals surface area (Å²) in [6.07, 6.45) is 0. The zero-order valence-electron chi connectivity index (χ0n) is 12.1. The minimum Gasteiger partial charge on any atom is -0.408 e. The molecule has 3 aromatic heterocycles. The van der Waals surface area contributed by atoms with E-state index in [1.54, 1.807) is 11.3 Å². The number of nitrogens with two attached hydrogens (primary N) is 1. The predicted molar refractivity (Wildman–Crippen MR) is 86.3 cm³/mol. The third-order valence-corrected chi connectivity index (χ3v) is 4.98. The van der Waals surface area contributed by atoms with E-state index in [0.717, 1.165) is 27.6 Å². The summed E-state index contributed by atoms with van der Waals surface area (Å²) in [4.78, 5) is 20.8. The highest BCUT2D eigenvalue weighted by Gasteiger charge is 2.18. The molecule has 112 valence electrons. The maximum Gasteiger partial charge on any atom is 0.417 e. The van der Waals surface area contributed by atoms with Gasteiger partial charge < -0.3 is 10.2 Å². The second kappa shape index (κ2) is 4.56. The van der Waals surface area contributed by atoms with Gasteiger partial charge in [-0.05, 0) is 26.0 Å². The first kappa shape index (κ1) is 13.3. The van der Waals surface area contributed by atoms with Gasteiger partial charge in [0.2, 0.25) is 0 Å². The average molecular weight is 314 g/mol. The topological polar surface area (TPSA) is 89.3 Å². The van der Waals surface area contributed by atoms with Crippen LogP contribution in [-0.4, -0.2) is 14.4 Å². The van der Waals surface area contributed by atoms with Gasteiger partial charge in [0.15, 0.2) is 10.5 Å². The van der Waals surface area contributed by atoms with Crippen molar-refractivity contribution in [3.05, 3.63) is 45.0 Å². The van der Waals surface area contributed by atoms with Crippen LogP contribution in [0.5, 0.6) is 0 Å². The summed E-state index contributed by atoms with van der Waals surface area (Å²) in [6.45, 7) is 4.54. The molecular formula is C15H14N4O2S. The Morgan fingerprint density at radius 3 is 3.00 bits per heavy atom. The van der Waals surface area contributed by atoms with Crippen LogP contribution in [0.2, 0.25) is 0 Å². The van der Waals surface area contributed by atoms with Gasteiger partial charge in [0.25, 0.3) is 0 Å². The Morgan fingerprint density at radius 2 is 2.23 bits per heavy atom. The quantitative estimate of drug-likeness (QED) is 0.595. The third-order valence-electron chi connectivity index (χ3n) is 3.92. The molecule has 4 aromatic rings. The summed E-state index contributed by atoms with van der Waals surface area (Å²) in [7, 11) is 0. The van der Waals surface area contributed by atoms with E-state index in [4.69, 9.17) is 15.1 Å². The van der Waals surface area contributed by atoms with E-state index >= 15 is 0 Å². The SMILES string of the molecule is Cc1sc2nc(-c3ccc4[nH]c(=O)oc4c3)c(CN)n2c1C. The fourth-order valence-corrected chi connectivity index (χ4v) is 3.71. The Balaban J connectivity index is 2.00. The highest BCUT2D eigenvalue weighted by molar-refractivity contribution is 7.17. The smallest absolute Gasteiger partial charge is 0.408 e. The van der Waals surface area contributed by atoms with Crippen LogP contribution < -0.4 is 11.5 Å². The van der Waals surface area contributed by atoms with Crippen LogP contribution in [0.1, 0.15) is 16.3 Å². The maximum atomic E-state index is 11.3. The first-order valence-corrected chi connectivity index (χ1v) is 7.70. The second-order valence-corrected chi connectivity index (χ2v) is 6.38. The van der Waals surface area contributed by atoms with E-state index in [9.17, 15) is 4.79 Å². The number of nitrogens with one attached hydrogen (secondary N) is 1. The molecule has 7 heteroatoms. The number of benzene rings is 1. The van der Waals surface area contributed by atoms with Gasteiger partial charge >= 0.3 is 5.76 Å². The van der Waals surface area contributed by atoms with Crippen molar-refractivity contribution in [3.8, 4) is 11.3 Å². The number of hydrogen-bond acceptors (Lipinski definition) is 5. The molecule has 4 rings (SSSR count). The van der Waals surface area contributed by atoms with Crippen molar-refractivity contribution in [1.82, 2.24) is 14.4 Å². The molecule has 0 bridgehead atoms. The highest BCUT2D eigenvalue weighted by atomic mass is 32.1. The molecule has 0 aliphatic rings. The molecule has 22 heavy (non-hydrogen) atoms. The van der Waals surface area contributed by atoms with E-state index in [2.05, 4.69) is 23.2 Å². The summed E-state index contributed by atoms with van der Waals surface area (Å²) < 4.78 is 7.23. The number of oxazole rings is 1. The van der Waals surface area contributed by atoms with Crippen molar-refractivity contribution < 1.29 is 4.42 Å². The number of aromatic nitrogens is 3. The number of aromatic amines is 1. The van der Waals surface area contributed by atoms with Gasteiger partial charge in [0, 0.05) is 22.7 Å². The van der Waals surface area contributed by atoms with Gasteiger partial charge in [-0.15, -0.1) is 11.3 Å². The molecule has 0 aliphatic heterocycles. The highest BCUT2D eigenvalue weighted by Crippen LogP contribution is 2.31. The van der Waals surface area contributed by atoms with Crippen molar-refractivity contribution in [1.29, 1.82) is 0 Å². The van der Waals surface area contributed by atoms with Crippen molar-refractivity contribution in [2.24, 2.45) is 5.73 Å². The van der Waals surface area contributed by atoms with Gasteiger partial charge in [-0.25, -0.2) is 9.78 Å². The number of imidazole rings is 1. The van der Waals surface area contributed by atoms with Crippen LogP contribution in [0.15, 0.2) is 27.4 Å². The minimum atomic E-state index is -0.455. The number of rotatable bonds is 2. The largest absolute Gasteiger partial charge is 0.417 e. The third kappa shape index (κ3) is 1.76. The number of fused-ring (bicyclic) bond motifs is 2. The molecule has 0 spiro atoms. The molecule has 0 radical (unpaired) electrons. The van der Waals surface area contributed by atoms with Gasteiger partial charge in [-0.3, -0.25) is 9.38 Å². The molecule has 3 N–H and O–H groups in total. The maximum absolute atomic E-state index is 11.3. The lowest BCUT2D eigenvalue weighted by atomic mass is 10.1. The van der Waals surface area contributed by atoms with Crippen LogP contribution in [-0.2, 0) is 6.54 Å². The van der Waals surface area contributed by atoms with Crippen molar-refractivity contribution in [2.75, 3.05) is 0 Å². The predicted octanol–water partition coefficient (Wildman–Crippen LogP) is 2.57. The number of nitrogens with zero attached hydrogens (tertiary/aromatic N) is 2. The molecule has 0 amide bonds. The van der Waals surface area contributed by atoms with Gasteiger partial charge in [0.05, 0.1) is 16.9 Å². The molecule has 1 aromatic carbocycles. The van der Waals surface area contributed by atoms with Gasteiger partial charge in [0.1, 0.15) is 0 Å². The van der Waals surface area contributed by atoms with Crippen LogP contribution in [0.3, 0.4) is 0 Å². The first-order valence-electron chi connectivity index (χ1n) is 6.89. The Bertz CT molecular complexity index is 1070. The lowest BCUT2D eigenvalue weighted by Crippen LogP contribution is -2.03. The Labute approximate surface area is 129 Å². The number of aryl methyl sites for hydroxylation is 2. The van der Waals surface area contributed by atoms with Crippen LogP contribution in [0.4, 0.5) is 0 Å². The van der Waals surface area contributed by atoms with Crippen LogP contribution in [0.25, 0.3) is 27.3 Å². The second-order valence-electron chi connectivity index (χ2n) is 5.20. The summed E-state index contributed by atoms with van der Waals surface area (Å²) in [5.74, 6) is -0.455. The summed E-state index contributed by atoms with van der Waals surface area (Å²) in [5, 5.41) is 0. The van der Waals surface area contributed by atoms with Crippen LogP contribution in [0, 0.1) is 13.8 Å². The van der Waals surface area contributed by atoms with Crippen molar-refractivity contribution in [3.63, 3.8) is 0 Å². The molecule has 0 atom stereocenters. The van der Waals surface area contributed by atoms with E-state index in [1.807, 2.05) is 18.2 Å². The van der Waals surface area contributed by atoms with E-state index in [-0.39, 0.29) is 0 Å². The number of H-pyrrole nitrogens is 1. The van der Waals surface area contributed by atoms with E-state index in [0.29, 0.717) is 17.6 Å². The molecule has 0 aliphatic carbocycles. The molecule has 0 saturated heterocycles. The van der Waals surface area contributed by atoms with E-state index in [1.165, 1.54) is 4.88 Å². The molecular weight excluding hydrogens is 300 g/mol. The van der Waals surface area contributed by atoms with Crippen LogP contribution >= 0.6 is 11.3 Å². The summed E-state index contributed by atoms with van der Waals surface area (Å²) >= 11 is 1.65. The normalized spacial score (nSPS) is 11.8. The minimum absolute atomic E-state index is 0.392. The Morgan fingerprint density at radius 1 is 1.41 bits per heavy atom. The molecule has 0 fully saturated rings. The number of hydrogen-bond donors (Lipinski definition) is 2. The Hall–Kier alpha value is -2.38. The average Bonchev–Trinajstić information content (AvgIpc) is 3.11. The number of thiazole rings is 1. The van der Waals surface area contributed by atoms with Crippen molar-refractivity contribution in [2.45, 2.75) is 20.4 Å². The Kier molecular flexibility index (Phi) is 2.75. The monoisotopic (exact) mass is 314 g/mol. The zero-order valence-corrected chi connectivity index (χ0v) is 13.0. The molecule has 6 nitrogen and oxygen atoms in total. The van der Waals surface area contributed by atoms with Gasteiger partial charge in [-0.2, -0.15) is 0 Å². The zero-order chi connectivity index (χ0) is 15.4. The van der Waals surface area contributed by atoms with Crippen molar-refractivity contribution >= 4 is 27.4 Å². The summed E-state index contributed by atoms with van der Waals surface area (Å²) in [5.41, 5.74) is 11.0. The molecule has 0 saturated carbocycles. The lowest BCUT2D eigenvalue weighted by Gasteiger charge is -2.03. The fourth-order valence-electron chi connectivity index (χ4n) is 2.73. The standard InChI is InChI=1S/C15H14N4O2S/c1-7-8(2)22-14-18-13(11(6-16)19(7)14)9-3-4-10-12(5-9)21-15(20)17-10/h3-5H,6,16H2,1-2H3,(H,17,20). The summed E-state index contributed by atoms with van der Waals surface area (Å²) in [6, 6.07) is 5.56. The molecule has 3 heterocycles. The lowest BCUT2D eigenvalue weighted by molar-refractivity contribution is 0.555. The molecule has 0 unspecified atom stereocenters. The fraction of sp³-hybridized carbons (Fsp3) is 0.200.